The van der Waals surface area contributed by atoms with Crippen LogP contribution in [0.5, 0.6) is 17.2 Å². The second kappa shape index (κ2) is 9.86. The molecule has 0 unspecified atom stereocenters. The van der Waals surface area contributed by atoms with Crippen molar-refractivity contribution in [2.45, 2.75) is 6.92 Å². The van der Waals surface area contributed by atoms with E-state index in [2.05, 4.69) is 5.32 Å². The van der Waals surface area contributed by atoms with E-state index in [-0.39, 0.29) is 12.5 Å². The van der Waals surface area contributed by atoms with Gasteiger partial charge in [-0.25, -0.2) is 0 Å². The van der Waals surface area contributed by atoms with Crippen LogP contribution < -0.4 is 25.3 Å². The minimum absolute atomic E-state index is 0.240. The van der Waals surface area contributed by atoms with Crippen LogP contribution in [0.2, 0.25) is 0 Å². The lowest BCUT2D eigenvalue weighted by molar-refractivity contribution is -0.120. The average molecular weight is 370 g/mol. The number of nitrogens with two attached hydrogens (primary N) is 1. The molecule has 0 bridgehead atoms. The molecule has 0 aliphatic heterocycles. The lowest BCUT2D eigenvalue weighted by Crippen LogP contribution is -2.20. The topological polar surface area (TPSA) is 99.9 Å². The Kier molecular flexibility index (Phi) is 7.25. The summed E-state index contributed by atoms with van der Waals surface area (Å²) in [5.74, 6) is 0.730. The number of primary amides is 1. The molecule has 0 saturated carbocycles. The molecule has 0 heterocycles. The largest absolute Gasteiger partial charge is 0.494 e. The molecule has 0 aromatic heterocycles. The molecule has 2 aromatic carbocycles. The van der Waals surface area contributed by atoms with Crippen LogP contribution in [0, 0.1) is 0 Å². The first-order valence-corrected chi connectivity index (χ1v) is 8.33. The van der Waals surface area contributed by atoms with Gasteiger partial charge in [0.25, 0.3) is 5.91 Å². The van der Waals surface area contributed by atoms with Crippen LogP contribution in [0.3, 0.4) is 0 Å². The Morgan fingerprint density at radius 1 is 1.07 bits per heavy atom. The van der Waals surface area contributed by atoms with Crippen LogP contribution in [0.1, 0.15) is 12.5 Å². The number of benzene rings is 2. The number of carbonyl (C=O) groups is 2. The van der Waals surface area contributed by atoms with Crippen LogP contribution in [-0.2, 0) is 9.59 Å². The van der Waals surface area contributed by atoms with E-state index in [1.165, 1.54) is 13.2 Å². The van der Waals surface area contributed by atoms with Gasteiger partial charge in [-0.05, 0) is 55.0 Å². The molecule has 0 saturated heterocycles. The van der Waals surface area contributed by atoms with Crippen LogP contribution in [0.15, 0.2) is 48.5 Å². The summed E-state index contributed by atoms with van der Waals surface area (Å²) in [7, 11) is 1.48. The number of amides is 2. The van der Waals surface area contributed by atoms with Crippen molar-refractivity contribution in [2.75, 3.05) is 25.6 Å². The maximum absolute atomic E-state index is 12.1. The van der Waals surface area contributed by atoms with Gasteiger partial charge >= 0.3 is 0 Å². The third kappa shape index (κ3) is 6.39. The van der Waals surface area contributed by atoms with E-state index >= 15 is 0 Å². The molecule has 0 radical (unpaired) electrons. The van der Waals surface area contributed by atoms with Gasteiger partial charge in [-0.3, -0.25) is 9.59 Å². The SMILES string of the molecule is CCOc1ccc(NC(=O)/C=C/c2ccc(OCC(N)=O)c(OC)c2)cc1. The zero-order chi connectivity index (χ0) is 19.6. The summed E-state index contributed by atoms with van der Waals surface area (Å²) in [5.41, 5.74) is 6.47. The van der Waals surface area contributed by atoms with E-state index in [1.54, 1.807) is 48.5 Å². The molecule has 0 aliphatic rings. The fourth-order valence-corrected chi connectivity index (χ4v) is 2.21. The minimum atomic E-state index is -0.577. The summed E-state index contributed by atoms with van der Waals surface area (Å²) in [6, 6.07) is 12.2. The van der Waals surface area contributed by atoms with Gasteiger partial charge in [0.2, 0.25) is 5.91 Å². The average Bonchev–Trinajstić information content (AvgIpc) is 2.66. The Morgan fingerprint density at radius 2 is 1.81 bits per heavy atom. The smallest absolute Gasteiger partial charge is 0.255 e. The van der Waals surface area contributed by atoms with Crippen molar-refractivity contribution in [1.82, 2.24) is 0 Å². The highest BCUT2D eigenvalue weighted by Gasteiger charge is 2.06. The molecule has 0 fully saturated rings. The van der Waals surface area contributed by atoms with Crippen LogP contribution in [0.4, 0.5) is 5.69 Å². The lowest BCUT2D eigenvalue weighted by Gasteiger charge is -2.10. The summed E-state index contributed by atoms with van der Waals surface area (Å²) in [4.78, 5) is 22.9. The zero-order valence-corrected chi connectivity index (χ0v) is 15.2. The summed E-state index contributed by atoms with van der Waals surface area (Å²) in [5, 5.41) is 2.77. The van der Waals surface area contributed by atoms with Gasteiger partial charge in [0.1, 0.15) is 5.75 Å². The molecule has 7 nitrogen and oxygen atoms in total. The molecule has 0 atom stereocenters. The molecule has 142 valence electrons. The van der Waals surface area contributed by atoms with Crippen LogP contribution in [0.25, 0.3) is 6.08 Å². The predicted octanol–water partition coefficient (Wildman–Crippen LogP) is 2.61. The molecular formula is C20H22N2O5. The number of rotatable bonds is 9. The number of nitrogens with one attached hydrogen (secondary N) is 1. The maximum Gasteiger partial charge on any atom is 0.255 e. The highest BCUT2D eigenvalue weighted by Crippen LogP contribution is 2.28. The maximum atomic E-state index is 12.1. The molecule has 0 spiro atoms. The second-order valence-electron chi connectivity index (χ2n) is 5.45. The van der Waals surface area contributed by atoms with Crippen molar-refractivity contribution in [1.29, 1.82) is 0 Å². The number of hydrogen-bond donors (Lipinski definition) is 2. The van der Waals surface area contributed by atoms with Gasteiger partial charge in [-0.15, -0.1) is 0 Å². The summed E-state index contributed by atoms with van der Waals surface area (Å²) < 4.78 is 15.8. The molecule has 2 rings (SSSR count). The van der Waals surface area contributed by atoms with Crippen molar-refractivity contribution in [2.24, 2.45) is 5.73 Å². The third-order valence-electron chi connectivity index (χ3n) is 3.42. The summed E-state index contributed by atoms with van der Waals surface area (Å²) >= 11 is 0. The standard InChI is InChI=1S/C20H22N2O5/c1-3-26-16-8-6-15(7-9-16)22-20(24)11-5-14-4-10-17(18(12-14)25-2)27-13-19(21)23/h4-12H,3,13H2,1-2H3,(H2,21,23)(H,22,24)/b11-5+. The third-order valence-corrected chi connectivity index (χ3v) is 3.42. The molecule has 2 amide bonds. The number of hydrogen-bond acceptors (Lipinski definition) is 5. The highest BCUT2D eigenvalue weighted by atomic mass is 16.5. The summed E-state index contributed by atoms with van der Waals surface area (Å²) in [6.07, 6.45) is 3.06. The van der Waals surface area contributed by atoms with E-state index in [4.69, 9.17) is 19.9 Å². The number of methoxy groups -OCH3 is 1. The molecule has 3 N–H and O–H groups in total. The van der Waals surface area contributed by atoms with Gasteiger partial charge in [-0.1, -0.05) is 6.07 Å². The van der Waals surface area contributed by atoms with Gasteiger partial charge in [0, 0.05) is 11.8 Å². The Bertz CT molecular complexity index is 816. The first-order chi connectivity index (χ1) is 13.0. The van der Waals surface area contributed by atoms with E-state index in [0.29, 0.717) is 23.8 Å². The fraction of sp³-hybridized carbons (Fsp3) is 0.200. The Hall–Kier alpha value is -3.48. The normalized spacial score (nSPS) is 10.4. The Labute approximate surface area is 157 Å². The number of ether oxygens (including phenoxy) is 3. The van der Waals surface area contributed by atoms with Crippen molar-refractivity contribution in [3.05, 3.63) is 54.1 Å². The number of carbonyl (C=O) groups excluding carboxylic acids is 2. The van der Waals surface area contributed by atoms with Crippen molar-refractivity contribution in [3.8, 4) is 17.2 Å². The second-order valence-corrected chi connectivity index (χ2v) is 5.45. The van der Waals surface area contributed by atoms with Crippen molar-refractivity contribution >= 4 is 23.6 Å². The molecule has 7 heteroatoms. The first-order valence-electron chi connectivity index (χ1n) is 8.33. The molecular weight excluding hydrogens is 348 g/mol. The van der Waals surface area contributed by atoms with Crippen LogP contribution in [-0.4, -0.2) is 32.1 Å². The fourth-order valence-electron chi connectivity index (χ4n) is 2.21. The minimum Gasteiger partial charge on any atom is -0.494 e. The van der Waals surface area contributed by atoms with E-state index in [1.807, 2.05) is 6.92 Å². The molecule has 0 aliphatic carbocycles. The monoisotopic (exact) mass is 370 g/mol. The Balaban J connectivity index is 1.99. The zero-order valence-electron chi connectivity index (χ0n) is 15.2. The van der Waals surface area contributed by atoms with Gasteiger partial charge in [0.15, 0.2) is 18.1 Å². The number of anilines is 1. The van der Waals surface area contributed by atoms with Crippen LogP contribution >= 0.6 is 0 Å². The highest BCUT2D eigenvalue weighted by molar-refractivity contribution is 6.02. The van der Waals surface area contributed by atoms with Gasteiger partial charge in [-0.2, -0.15) is 0 Å². The summed E-state index contributed by atoms with van der Waals surface area (Å²) in [6.45, 7) is 2.26. The molecule has 2 aromatic rings. The van der Waals surface area contributed by atoms with Gasteiger partial charge in [0.05, 0.1) is 13.7 Å². The van der Waals surface area contributed by atoms with E-state index < -0.39 is 5.91 Å². The van der Waals surface area contributed by atoms with Gasteiger partial charge < -0.3 is 25.3 Å². The Morgan fingerprint density at radius 3 is 2.44 bits per heavy atom. The molecule has 27 heavy (non-hydrogen) atoms. The van der Waals surface area contributed by atoms with Crippen molar-refractivity contribution < 1.29 is 23.8 Å². The quantitative estimate of drug-likeness (QED) is 0.661. The predicted molar refractivity (Wildman–Crippen MR) is 103 cm³/mol. The lowest BCUT2D eigenvalue weighted by atomic mass is 10.2. The first kappa shape index (κ1) is 19.8. The van der Waals surface area contributed by atoms with E-state index in [0.717, 1.165) is 11.3 Å². The van der Waals surface area contributed by atoms with E-state index in [9.17, 15) is 9.59 Å². The van der Waals surface area contributed by atoms with Crippen molar-refractivity contribution in [3.63, 3.8) is 0 Å².